The van der Waals surface area contributed by atoms with Crippen LogP contribution in [0.5, 0.6) is 0 Å². The molecule has 0 aromatic carbocycles. The van der Waals surface area contributed by atoms with Crippen molar-refractivity contribution in [1.29, 1.82) is 0 Å². The van der Waals surface area contributed by atoms with Gasteiger partial charge < -0.3 is 20.1 Å². The Hall–Kier alpha value is -1.79. The molecular formula is C12H22N2O5. The van der Waals surface area contributed by atoms with Crippen LogP contribution in [0.4, 0.5) is 4.79 Å². The minimum atomic E-state index is -0.892. The highest BCUT2D eigenvalue weighted by molar-refractivity contribution is 5.75. The third-order valence-electron chi connectivity index (χ3n) is 2.46. The normalized spacial score (nSPS) is 11.5. The molecule has 7 nitrogen and oxygen atoms in total. The summed E-state index contributed by atoms with van der Waals surface area (Å²) in [5.41, 5.74) is 0. The molecule has 19 heavy (non-hydrogen) atoms. The van der Waals surface area contributed by atoms with Gasteiger partial charge >= 0.3 is 18.0 Å². The van der Waals surface area contributed by atoms with Crippen molar-refractivity contribution in [2.45, 2.75) is 39.2 Å². The van der Waals surface area contributed by atoms with Gasteiger partial charge in [-0.1, -0.05) is 0 Å². The lowest BCUT2D eigenvalue weighted by Gasteiger charge is -2.20. The summed E-state index contributed by atoms with van der Waals surface area (Å²) in [5, 5.41) is 11.2. The van der Waals surface area contributed by atoms with Crippen molar-refractivity contribution in [1.82, 2.24) is 10.2 Å². The molecule has 0 aliphatic heterocycles. The second kappa shape index (κ2) is 9.18. The summed E-state index contributed by atoms with van der Waals surface area (Å²) < 4.78 is 4.76. The predicted octanol–water partition coefficient (Wildman–Crippen LogP) is 0.834. The molecule has 0 radical (unpaired) electrons. The quantitative estimate of drug-likeness (QED) is 0.639. The van der Waals surface area contributed by atoms with Crippen LogP contribution in [0.1, 0.15) is 33.1 Å². The number of carbonyl (C=O) groups excluding carboxylic acids is 2. The summed E-state index contributed by atoms with van der Waals surface area (Å²) in [4.78, 5) is 34.6. The van der Waals surface area contributed by atoms with Crippen molar-refractivity contribution in [2.75, 3.05) is 20.2 Å². The Morgan fingerprint density at radius 3 is 2.47 bits per heavy atom. The van der Waals surface area contributed by atoms with E-state index in [0.29, 0.717) is 13.0 Å². The minimum Gasteiger partial charge on any atom is -0.481 e. The van der Waals surface area contributed by atoms with Crippen LogP contribution in [-0.2, 0) is 14.3 Å². The van der Waals surface area contributed by atoms with Crippen molar-refractivity contribution in [3.8, 4) is 0 Å². The fourth-order valence-electron chi connectivity index (χ4n) is 1.33. The zero-order chi connectivity index (χ0) is 14.8. The number of amides is 2. The maximum Gasteiger partial charge on any atom is 0.317 e. The molecule has 1 unspecified atom stereocenters. The third kappa shape index (κ3) is 8.87. The van der Waals surface area contributed by atoms with Gasteiger partial charge in [0.2, 0.25) is 0 Å². The minimum absolute atomic E-state index is 0.00792. The Bertz CT molecular complexity index is 319. The molecule has 7 heteroatoms. The molecule has 110 valence electrons. The summed E-state index contributed by atoms with van der Waals surface area (Å²) in [6.45, 7) is 4.04. The van der Waals surface area contributed by atoms with Crippen molar-refractivity contribution in [3.63, 3.8) is 0 Å². The second-order valence-corrected chi connectivity index (χ2v) is 4.26. The van der Waals surface area contributed by atoms with Gasteiger partial charge in [0, 0.05) is 26.1 Å². The Balaban J connectivity index is 3.92. The van der Waals surface area contributed by atoms with Crippen LogP contribution in [0.25, 0.3) is 0 Å². The summed E-state index contributed by atoms with van der Waals surface area (Å²) in [5.74, 6) is -1.24. The second-order valence-electron chi connectivity index (χ2n) is 4.26. The summed E-state index contributed by atoms with van der Waals surface area (Å²) in [7, 11) is 1.57. The molecule has 1 atom stereocenters. The number of nitrogens with zero attached hydrogens (tertiary/aromatic N) is 1. The lowest BCUT2D eigenvalue weighted by molar-refractivity contribution is -0.143. The number of hydrogen-bond acceptors (Lipinski definition) is 4. The monoisotopic (exact) mass is 274 g/mol. The molecule has 0 aliphatic carbocycles. The van der Waals surface area contributed by atoms with E-state index in [1.807, 2.05) is 0 Å². The first-order valence-corrected chi connectivity index (χ1v) is 6.25. The molecule has 0 bridgehead atoms. The van der Waals surface area contributed by atoms with Gasteiger partial charge in [-0.25, -0.2) is 4.79 Å². The smallest absolute Gasteiger partial charge is 0.317 e. The molecule has 2 N–H and O–H groups in total. The topological polar surface area (TPSA) is 95.9 Å². The van der Waals surface area contributed by atoms with Gasteiger partial charge in [-0.3, -0.25) is 9.59 Å². The Morgan fingerprint density at radius 2 is 1.95 bits per heavy atom. The maximum absolute atomic E-state index is 11.7. The average molecular weight is 274 g/mol. The third-order valence-corrected chi connectivity index (χ3v) is 2.46. The average Bonchev–Trinajstić information content (AvgIpc) is 2.33. The van der Waals surface area contributed by atoms with Gasteiger partial charge in [0.25, 0.3) is 0 Å². The highest BCUT2D eigenvalue weighted by Crippen LogP contribution is 1.98. The van der Waals surface area contributed by atoms with Gasteiger partial charge in [-0.05, 0) is 20.3 Å². The molecule has 2 amide bonds. The van der Waals surface area contributed by atoms with Crippen LogP contribution >= 0.6 is 0 Å². The zero-order valence-electron chi connectivity index (χ0n) is 11.6. The largest absolute Gasteiger partial charge is 0.481 e. The van der Waals surface area contributed by atoms with Gasteiger partial charge in [0.05, 0.1) is 13.0 Å². The van der Waals surface area contributed by atoms with E-state index in [2.05, 4.69) is 5.32 Å². The summed E-state index contributed by atoms with van der Waals surface area (Å²) in [6.07, 6.45) is 0.516. The number of carbonyl (C=O) groups is 3. The molecule has 0 fully saturated rings. The van der Waals surface area contributed by atoms with E-state index in [1.54, 1.807) is 20.9 Å². The lowest BCUT2D eigenvalue weighted by atomic mass is 10.2. The number of carboxylic acid groups (broad SMARTS) is 1. The Labute approximate surface area is 112 Å². The highest BCUT2D eigenvalue weighted by Gasteiger charge is 2.14. The number of hydrogen-bond donors (Lipinski definition) is 2. The van der Waals surface area contributed by atoms with Crippen LogP contribution in [0.2, 0.25) is 0 Å². The van der Waals surface area contributed by atoms with Gasteiger partial charge in [-0.2, -0.15) is 0 Å². The molecule has 0 spiro atoms. The van der Waals surface area contributed by atoms with Gasteiger partial charge in [-0.15, -0.1) is 0 Å². The number of esters is 1. The maximum atomic E-state index is 11.7. The number of nitrogens with one attached hydrogen (secondary N) is 1. The fourth-order valence-corrected chi connectivity index (χ4v) is 1.33. The number of carboxylic acids is 1. The van der Waals surface area contributed by atoms with E-state index in [-0.39, 0.29) is 37.4 Å². The van der Waals surface area contributed by atoms with Crippen molar-refractivity contribution >= 4 is 18.0 Å². The first-order valence-electron chi connectivity index (χ1n) is 6.25. The number of rotatable bonds is 8. The van der Waals surface area contributed by atoms with E-state index in [1.165, 1.54) is 4.90 Å². The van der Waals surface area contributed by atoms with E-state index >= 15 is 0 Å². The van der Waals surface area contributed by atoms with Gasteiger partial charge in [0.15, 0.2) is 0 Å². The SMILES string of the molecule is CCOC(=O)CCN(C)C(=O)NC(C)CCC(=O)O. The zero-order valence-corrected chi connectivity index (χ0v) is 11.6. The van der Waals surface area contributed by atoms with Crippen molar-refractivity contribution < 1.29 is 24.2 Å². The molecule has 0 saturated heterocycles. The number of ether oxygens (including phenoxy) is 1. The van der Waals surface area contributed by atoms with Crippen LogP contribution < -0.4 is 5.32 Å². The summed E-state index contributed by atoms with van der Waals surface area (Å²) in [6, 6.07) is -0.559. The summed E-state index contributed by atoms with van der Waals surface area (Å²) >= 11 is 0. The molecule has 0 rings (SSSR count). The molecule has 0 saturated carbocycles. The number of urea groups is 1. The first-order chi connectivity index (χ1) is 8.86. The molecule has 0 heterocycles. The lowest BCUT2D eigenvalue weighted by Crippen LogP contribution is -2.42. The molecule has 0 aromatic heterocycles. The first kappa shape index (κ1) is 17.2. The molecule has 0 aromatic rings. The van der Waals surface area contributed by atoms with E-state index in [0.717, 1.165) is 0 Å². The number of aliphatic carboxylic acids is 1. The van der Waals surface area contributed by atoms with E-state index in [4.69, 9.17) is 9.84 Å². The molecular weight excluding hydrogens is 252 g/mol. The fraction of sp³-hybridized carbons (Fsp3) is 0.750. The van der Waals surface area contributed by atoms with Crippen LogP contribution in [0.3, 0.4) is 0 Å². The van der Waals surface area contributed by atoms with Crippen LogP contribution in [-0.4, -0.2) is 54.2 Å². The van der Waals surface area contributed by atoms with E-state index in [9.17, 15) is 14.4 Å². The Morgan fingerprint density at radius 1 is 1.32 bits per heavy atom. The predicted molar refractivity (Wildman–Crippen MR) is 68.7 cm³/mol. The molecule has 0 aliphatic rings. The van der Waals surface area contributed by atoms with E-state index < -0.39 is 5.97 Å². The standard InChI is InChI=1S/C12H22N2O5/c1-4-19-11(17)7-8-14(3)12(18)13-9(2)5-6-10(15)16/h9H,4-8H2,1-3H3,(H,13,18)(H,15,16). The van der Waals surface area contributed by atoms with Crippen LogP contribution in [0.15, 0.2) is 0 Å². The highest BCUT2D eigenvalue weighted by atomic mass is 16.5. The van der Waals surface area contributed by atoms with Gasteiger partial charge in [0.1, 0.15) is 0 Å². The van der Waals surface area contributed by atoms with Crippen LogP contribution in [0, 0.1) is 0 Å². The van der Waals surface area contributed by atoms with Crippen molar-refractivity contribution in [2.24, 2.45) is 0 Å². The van der Waals surface area contributed by atoms with Crippen molar-refractivity contribution in [3.05, 3.63) is 0 Å². The Kier molecular flexibility index (Phi) is 8.32.